The number of benzene rings is 1. The largest absolute Gasteiger partial charge is 0.370 e. The number of amides is 9. The molecule has 0 radical (unpaired) electrons. The quantitative estimate of drug-likeness (QED) is 0.0524. The molecule has 0 unspecified atom stereocenters. The summed E-state index contributed by atoms with van der Waals surface area (Å²) in [5.74, 6) is -6.92. The average molecular weight is 1010 g/mol. The lowest BCUT2D eigenvalue weighted by atomic mass is 9.99. The first-order valence-corrected chi connectivity index (χ1v) is 25.9. The van der Waals surface area contributed by atoms with Crippen molar-refractivity contribution in [3.05, 3.63) is 35.9 Å². The normalized spacial score (nSPS) is 23.7. The highest BCUT2D eigenvalue weighted by Gasteiger charge is 2.36. The molecule has 22 nitrogen and oxygen atoms in total. The minimum absolute atomic E-state index is 0.00229. The van der Waals surface area contributed by atoms with Crippen molar-refractivity contribution in [3.8, 4) is 0 Å². The number of nitrogens with two attached hydrogens (primary N) is 5. The van der Waals surface area contributed by atoms with Gasteiger partial charge in [0.25, 0.3) is 0 Å². The minimum atomic E-state index is -1.42. The minimum Gasteiger partial charge on any atom is -0.370 e. The van der Waals surface area contributed by atoms with Gasteiger partial charge in [-0.3, -0.25) is 43.2 Å². The monoisotopic (exact) mass is 1010 g/mol. The van der Waals surface area contributed by atoms with Gasteiger partial charge in [-0.15, -0.1) is 0 Å². The molecule has 22 heteroatoms. The van der Waals surface area contributed by atoms with Crippen LogP contribution in [0, 0.1) is 11.8 Å². The van der Waals surface area contributed by atoms with Gasteiger partial charge in [0, 0.05) is 12.8 Å². The maximum atomic E-state index is 14.5. The summed E-state index contributed by atoms with van der Waals surface area (Å²) in [6.07, 6.45) is 3.60. The third-order valence-electron chi connectivity index (χ3n) is 12.2. The number of nitrogens with one attached hydrogen (secondary N) is 8. The molecule has 72 heavy (non-hydrogen) atoms. The van der Waals surface area contributed by atoms with Crippen LogP contribution in [-0.4, -0.2) is 128 Å². The Morgan fingerprint density at radius 1 is 0.403 bits per heavy atom. The fraction of sp³-hybridized carbons (Fsp3) is 0.700. The molecule has 2 rings (SSSR count). The van der Waals surface area contributed by atoms with Gasteiger partial charge in [-0.2, -0.15) is 0 Å². The zero-order valence-electron chi connectivity index (χ0n) is 43.1. The fourth-order valence-electron chi connectivity index (χ4n) is 8.25. The lowest BCUT2D eigenvalue weighted by molar-refractivity contribution is -0.137. The molecule has 1 aliphatic heterocycles. The van der Waals surface area contributed by atoms with E-state index in [1.807, 2.05) is 27.7 Å². The zero-order valence-corrected chi connectivity index (χ0v) is 43.1. The van der Waals surface area contributed by atoms with Crippen LogP contribution in [-0.2, 0) is 49.6 Å². The second kappa shape index (κ2) is 34.6. The lowest BCUT2D eigenvalue weighted by Gasteiger charge is -2.30. The smallest absolute Gasteiger partial charge is 0.243 e. The Labute approximate surface area is 425 Å². The molecule has 1 saturated heterocycles. The molecule has 8 atom stereocenters. The first kappa shape index (κ1) is 62.4. The molecular weight excluding hydrogens is 927 g/mol. The van der Waals surface area contributed by atoms with Gasteiger partial charge in [0.05, 0.1) is 0 Å². The number of hydrogen-bond donors (Lipinski definition) is 13. The van der Waals surface area contributed by atoms with Crippen LogP contribution in [0.25, 0.3) is 0 Å². The molecule has 0 aliphatic carbocycles. The summed E-state index contributed by atoms with van der Waals surface area (Å²) in [7, 11) is 0. The predicted octanol–water partition coefficient (Wildman–Crippen LogP) is -1.01. The molecule has 0 aromatic heterocycles. The second-order valence-electron chi connectivity index (χ2n) is 19.6. The Hall–Kier alpha value is -5.71. The van der Waals surface area contributed by atoms with Gasteiger partial charge >= 0.3 is 0 Å². The summed E-state index contributed by atoms with van der Waals surface area (Å²) in [6.45, 7) is 8.56. The van der Waals surface area contributed by atoms with Crippen molar-refractivity contribution in [1.82, 2.24) is 42.5 Å². The highest BCUT2D eigenvalue weighted by Crippen LogP contribution is 2.14. The van der Waals surface area contributed by atoms with E-state index in [4.69, 9.17) is 28.7 Å². The van der Waals surface area contributed by atoms with Crippen LogP contribution in [0.1, 0.15) is 136 Å². The second-order valence-corrected chi connectivity index (χ2v) is 19.6. The van der Waals surface area contributed by atoms with E-state index in [0.717, 1.165) is 0 Å². The summed E-state index contributed by atoms with van der Waals surface area (Å²) in [5, 5.41) is 22.2. The van der Waals surface area contributed by atoms with Gasteiger partial charge in [-0.05, 0) is 140 Å². The van der Waals surface area contributed by atoms with Crippen LogP contribution < -0.4 is 71.2 Å². The molecular formula is C50H87N13O9. The summed E-state index contributed by atoms with van der Waals surface area (Å²) >= 11 is 0. The van der Waals surface area contributed by atoms with E-state index < -0.39 is 101 Å². The zero-order chi connectivity index (χ0) is 53.6. The maximum Gasteiger partial charge on any atom is 0.243 e. The lowest BCUT2D eigenvalue weighted by Crippen LogP contribution is -2.61. The molecule has 0 saturated carbocycles. The van der Waals surface area contributed by atoms with E-state index in [2.05, 4.69) is 42.5 Å². The van der Waals surface area contributed by atoms with Crippen LogP contribution in [0.5, 0.6) is 0 Å². The summed E-state index contributed by atoms with van der Waals surface area (Å²) in [6, 6.07) is -1.12. The number of hydrogen-bond acceptors (Lipinski definition) is 13. The summed E-state index contributed by atoms with van der Waals surface area (Å²) in [4.78, 5) is 127. The van der Waals surface area contributed by atoms with E-state index in [-0.39, 0.29) is 82.7 Å². The Balaban J connectivity index is 2.87. The highest BCUT2D eigenvalue weighted by atomic mass is 16.2. The molecule has 0 spiro atoms. The van der Waals surface area contributed by atoms with Crippen LogP contribution >= 0.6 is 0 Å². The van der Waals surface area contributed by atoms with E-state index in [1.165, 1.54) is 0 Å². The number of carbonyl (C=O) groups excluding carboxylic acids is 9. The van der Waals surface area contributed by atoms with Crippen molar-refractivity contribution >= 4 is 53.2 Å². The Kier molecular flexibility index (Phi) is 30.0. The van der Waals surface area contributed by atoms with E-state index in [1.54, 1.807) is 30.3 Å². The van der Waals surface area contributed by atoms with E-state index in [0.29, 0.717) is 70.0 Å². The SMILES string of the molecule is CC(C)C[C@@H]1NC(=O)[C@H](CCCCN)NC(=O)[C@H](Cc2ccccc2)NC(=O)[C@H](CCCCN)NC(=O)[C@H](CC(C)C)NC(=O)[C@H](CCCCN)NC(=O)[C@H](CCC(N)=O)NC(=O)[C@H](CCCCN)NC1=O. The summed E-state index contributed by atoms with van der Waals surface area (Å²) < 4.78 is 0. The van der Waals surface area contributed by atoms with Crippen molar-refractivity contribution < 1.29 is 43.2 Å². The van der Waals surface area contributed by atoms with Crippen LogP contribution in [0.3, 0.4) is 0 Å². The first-order chi connectivity index (χ1) is 34.3. The fourth-order valence-corrected chi connectivity index (χ4v) is 8.25. The third-order valence-corrected chi connectivity index (χ3v) is 12.2. The van der Waals surface area contributed by atoms with Crippen molar-refractivity contribution in [2.45, 2.75) is 185 Å². The summed E-state index contributed by atoms with van der Waals surface area (Å²) in [5.41, 5.74) is 29.4. The number of primary amides is 1. The van der Waals surface area contributed by atoms with Crippen LogP contribution in [0.4, 0.5) is 0 Å². The number of unbranched alkanes of at least 4 members (excludes halogenated alkanes) is 4. The Bertz CT molecular complexity index is 1850. The average Bonchev–Trinajstić information content (AvgIpc) is 3.32. The molecule has 1 aromatic rings. The van der Waals surface area contributed by atoms with Crippen LogP contribution in [0.15, 0.2) is 30.3 Å². The van der Waals surface area contributed by atoms with Crippen molar-refractivity contribution in [2.24, 2.45) is 40.5 Å². The topological polar surface area (TPSA) is 380 Å². The van der Waals surface area contributed by atoms with Gasteiger partial charge < -0.3 is 71.2 Å². The molecule has 0 bridgehead atoms. The Morgan fingerprint density at radius 2 is 0.667 bits per heavy atom. The van der Waals surface area contributed by atoms with Crippen molar-refractivity contribution in [1.29, 1.82) is 0 Å². The van der Waals surface area contributed by atoms with Gasteiger partial charge in [-0.25, -0.2) is 0 Å². The molecule has 18 N–H and O–H groups in total. The van der Waals surface area contributed by atoms with Gasteiger partial charge in [0.1, 0.15) is 48.3 Å². The first-order valence-electron chi connectivity index (χ1n) is 25.9. The third kappa shape index (κ3) is 24.1. The molecule has 1 fully saturated rings. The van der Waals surface area contributed by atoms with E-state index >= 15 is 0 Å². The maximum absolute atomic E-state index is 14.5. The molecule has 1 aliphatic rings. The van der Waals surface area contributed by atoms with Crippen LogP contribution in [0.2, 0.25) is 0 Å². The van der Waals surface area contributed by atoms with Crippen molar-refractivity contribution in [3.63, 3.8) is 0 Å². The standard InChI is InChI=1S/C50H87N13O9/c1-31(2)28-39-48(70)57-34(18-8-12-24-51)43(65)60-38(22-23-42(55)64)47(69)56-35(19-9-13-25-52)44(66)61-40(29-32(3)4)49(71)58-37(21-11-15-27-54)46(68)63-41(30-33-16-6-5-7-17-33)50(72)59-36(45(67)62-39)20-10-14-26-53/h5-7,16-17,31-32,34-41H,8-15,18-30,51-54H2,1-4H3,(H2,55,64)(H,56,69)(H,57,70)(H,58,71)(H,59,72)(H,60,65)(H,61,66)(H,62,67)(H,63,68)/t34-,35-,36-,37-,38-,39-,40-,41-/m0/s1. The predicted molar refractivity (Wildman–Crippen MR) is 275 cm³/mol. The molecule has 9 amide bonds. The van der Waals surface area contributed by atoms with E-state index in [9.17, 15) is 43.2 Å². The number of carbonyl (C=O) groups is 9. The van der Waals surface area contributed by atoms with Gasteiger partial charge in [0.15, 0.2) is 0 Å². The molecule has 1 aromatic carbocycles. The highest BCUT2D eigenvalue weighted by molar-refractivity contribution is 5.99. The molecule has 406 valence electrons. The van der Waals surface area contributed by atoms with Gasteiger partial charge in [-0.1, -0.05) is 58.0 Å². The van der Waals surface area contributed by atoms with Gasteiger partial charge in [0.2, 0.25) is 53.2 Å². The Morgan fingerprint density at radius 3 is 0.958 bits per heavy atom. The molecule has 1 heterocycles. The van der Waals surface area contributed by atoms with Crippen molar-refractivity contribution in [2.75, 3.05) is 26.2 Å². The number of rotatable bonds is 25.